The molecule has 1 amide bonds. The molecule has 0 bridgehead atoms. The number of carbonyl (C=O) groups is 2. The molecule has 0 radical (unpaired) electrons. The van der Waals surface area contributed by atoms with E-state index in [0.29, 0.717) is 5.69 Å². The number of nitrogens with one attached hydrogen (secondary N) is 1. The Balaban J connectivity index is 1.71. The van der Waals surface area contributed by atoms with Gasteiger partial charge in [-0.1, -0.05) is 41.6 Å². The zero-order valence-corrected chi connectivity index (χ0v) is 12.6. The molecule has 6 nitrogen and oxygen atoms in total. The van der Waals surface area contributed by atoms with Crippen molar-refractivity contribution < 1.29 is 19.2 Å². The van der Waals surface area contributed by atoms with Gasteiger partial charge in [-0.05, 0) is 18.4 Å². The number of hydrogen-bond acceptors (Lipinski definition) is 5. The molecule has 1 unspecified atom stereocenters. The van der Waals surface area contributed by atoms with E-state index in [9.17, 15) is 9.59 Å². The SMILES string of the molecule is CCOC(=O)C1CC(C(=O)Nc2cccc3ccccc23)=NO1. The molecule has 1 N–H and O–H groups in total. The summed E-state index contributed by atoms with van der Waals surface area (Å²) >= 11 is 0. The minimum Gasteiger partial charge on any atom is -0.463 e. The van der Waals surface area contributed by atoms with E-state index in [-0.39, 0.29) is 24.6 Å². The molecule has 23 heavy (non-hydrogen) atoms. The summed E-state index contributed by atoms with van der Waals surface area (Å²) in [5.41, 5.74) is 0.867. The van der Waals surface area contributed by atoms with Crippen molar-refractivity contribution in [3.05, 3.63) is 42.5 Å². The number of carbonyl (C=O) groups excluding carboxylic acids is 2. The standard InChI is InChI=1S/C17H16N2O4/c1-2-22-17(21)15-10-14(19-23-15)16(20)18-13-9-5-7-11-6-3-4-8-12(11)13/h3-9,15H,2,10H2,1H3,(H,18,20). The molecule has 0 aliphatic carbocycles. The van der Waals surface area contributed by atoms with Crippen LogP contribution in [0.25, 0.3) is 10.8 Å². The summed E-state index contributed by atoms with van der Waals surface area (Å²) in [6.07, 6.45) is -0.738. The summed E-state index contributed by atoms with van der Waals surface area (Å²) in [6, 6.07) is 13.4. The Morgan fingerprint density at radius 2 is 2.04 bits per heavy atom. The van der Waals surface area contributed by atoms with E-state index in [2.05, 4.69) is 10.5 Å². The quantitative estimate of drug-likeness (QED) is 0.880. The maximum atomic E-state index is 12.3. The van der Waals surface area contributed by atoms with Gasteiger partial charge in [0.25, 0.3) is 5.91 Å². The molecular formula is C17H16N2O4. The lowest BCUT2D eigenvalue weighted by molar-refractivity contribution is -0.154. The van der Waals surface area contributed by atoms with Gasteiger partial charge >= 0.3 is 5.97 Å². The van der Waals surface area contributed by atoms with Crippen LogP contribution < -0.4 is 5.32 Å². The normalized spacial score (nSPS) is 16.6. The summed E-state index contributed by atoms with van der Waals surface area (Å²) in [5.74, 6) is -0.891. The molecule has 0 aromatic heterocycles. The number of esters is 1. The molecule has 0 spiro atoms. The van der Waals surface area contributed by atoms with Gasteiger partial charge in [-0.15, -0.1) is 0 Å². The van der Waals surface area contributed by atoms with Crippen molar-refractivity contribution in [2.45, 2.75) is 19.4 Å². The Kier molecular flexibility index (Phi) is 4.23. The van der Waals surface area contributed by atoms with E-state index in [0.717, 1.165) is 10.8 Å². The second kappa shape index (κ2) is 6.48. The average Bonchev–Trinajstić information content (AvgIpc) is 3.06. The Bertz CT molecular complexity index is 780. The van der Waals surface area contributed by atoms with Crippen LogP contribution in [0.2, 0.25) is 0 Å². The van der Waals surface area contributed by atoms with Crippen LogP contribution in [0, 0.1) is 0 Å². The first-order valence-corrected chi connectivity index (χ1v) is 7.37. The van der Waals surface area contributed by atoms with Crippen LogP contribution >= 0.6 is 0 Å². The number of benzene rings is 2. The lowest BCUT2D eigenvalue weighted by Gasteiger charge is -2.08. The monoisotopic (exact) mass is 312 g/mol. The fourth-order valence-corrected chi connectivity index (χ4v) is 2.40. The van der Waals surface area contributed by atoms with Crippen LogP contribution in [-0.2, 0) is 19.2 Å². The summed E-state index contributed by atoms with van der Waals surface area (Å²) in [5, 5.41) is 8.48. The van der Waals surface area contributed by atoms with E-state index >= 15 is 0 Å². The number of hydrogen-bond donors (Lipinski definition) is 1. The van der Waals surface area contributed by atoms with E-state index in [4.69, 9.17) is 9.57 Å². The molecule has 3 rings (SSSR count). The second-order valence-corrected chi connectivity index (χ2v) is 5.07. The summed E-state index contributed by atoms with van der Waals surface area (Å²) < 4.78 is 4.86. The third kappa shape index (κ3) is 3.15. The number of ether oxygens (including phenoxy) is 1. The largest absolute Gasteiger partial charge is 0.463 e. The number of oxime groups is 1. The Labute approximate surface area is 133 Å². The highest BCUT2D eigenvalue weighted by atomic mass is 16.7. The van der Waals surface area contributed by atoms with Crippen LogP contribution in [-0.4, -0.2) is 30.3 Å². The van der Waals surface area contributed by atoms with Gasteiger partial charge in [-0.2, -0.15) is 0 Å². The maximum Gasteiger partial charge on any atom is 0.350 e. The summed E-state index contributed by atoms with van der Waals surface area (Å²) in [7, 11) is 0. The molecular weight excluding hydrogens is 296 g/mol. The molecule has 2 aromatic carbocycles. The van der Waals surface area contributed by atoms with Crippen LogP contribution in [0.3, 0.4) is 0 Å². The zero-order chi connectivity index (χ0) is 16.2. The van der Waals surface area contributed by atoms with E-state index in [1.165, 1.54) is 0 Å². The minimum atomic E-state index is -0.844. The van der Waals surface area contributed by atoms with Crippen molar-refractivity contribution >= 4 is 34.0 Å². The van der Waals surface area contributed by atoms with E-state index < -0.39 is 12.1 Å². The molecule has 6 heteroatoms. The van der Waals surface area contributed by atoms with Crippen molar-refractivity contribution in [1.82, 2.24) is 0 Å². The lowest BCUT2D eigenvalue weighted by Crippen LogP contribution is -2.27. The third-order valence-corrected chi connectivity index (χ3v) is 3.52. The topological polar surface area (TPSA) is 77.0 Å². The van der Waals surface area contributed by atoms with Gasteiger partial charge in [-0.3, -0.25) is 4.79 Å². The third-order valence-electron chi connectivity index (χ3n) is 3.52. The van der Waals surface area contributed by atoms with Gasteiger partial charge < -0.3 is 14.9 Å². The van der Waals surface area contributed by atoms with Crippen LogP contribution in [0.5, 0.6) is 0 Å². The molecule has 0 saturated carbocycles. The number of rotatable bonds is 4. The maximum absolute atomic E-state index is 12.3. The van der Waals surface area contributed by atoms with E-state index in [1.807, 2.05) is 42.5 Å². The molecule has 0 fully saturated rings. The molecule has 118 valence electrons. The summed E-state index contributed by atoms with van der Waals surface area (Å²) in [4.78, 5) is 28.9. The number of anilines is 1. The van der Waals surface area contributed by atoms with Crippen molar-refractivity contribution in [2.24, 2.45) is 5.16 Å². The van der Waals surface area contributed by atoms with Crippen molar-refractivity contribution in [3.8, 4) is 0 Å². The van der Waals surface area contributed by atoms with Crippen LogP contribution in [0.15, 0.2) is 47.6 Å². The van der Waals surface area contributed by atoms with Gasteiger partial charge in [0.15, 0.2) is 0 Å². The van der Waals surface area contributed by atoms with Crippen LogP contribution in [0.4, 0.5) is 5.69 Å². The van der Waals surface area contributed by atoms with Crippen molar-refractivity contribution in [3.63, 3.8) is 0 Å². The predicted molar refractivity (Wildman–Crippen MR) is 86.1 cm³/mol. The zero-order valence-electron chi connectivity index (χ0n) is 12.6. The molecule has 1 aliphatic rings. The first kappa shape index (κ1) is 15.0. The van der Waals surface area contributed by atoms with E-state index in [1.54, 1.807) is 6.92 Å². The van der Waals surface area contributed by atoms with Crippen LogP contribution in [0.1, 0.15) is 13.3 Å². The smallest absolute Gasteiger partial charge is 0.350 e. The lowest BCUT2D eigenvalue weighted by atomic mass is 10.1. The molecule has 0 saturated heterocycles. The Hall–Kier alpha value is -2.89. The fourth-order valence-electron chi connectivity index (χ4n) is 2.40. The Morgan fingerprint density at radius 3 is 2.87 bits per heavy atom. The van der Waals surface area contributed by atoms with Gasteiger partial charge in [0, 0.05) is 17.5 Å². The summed E-state index contributed by atoms with van der Waals surface area (Å²) in [6.45, 7) is 1.97. The van der Waals surface area contributed by atoms with Gasteiger partial charge in [0.2, 0.25) is 6.10 Å². The highest BCUT2D eigenvalue weighted by Gasteiger charge is 2.32. The van der Waals surface area contributed by atoms with Gasteiger partial charge in [0.05, 0.1) is 6.61 Å². The fraction of sp³-hybridized carbons (Fsp3) is 0.235. The van der Waals surface area contributed by atoms with Gasteiger partial charge in [0.1, 0.15) is 5.71 Å². The molecule has 1 heterocycles. The van der Waals surface area contributed by atoms with Gasteiger partial charge in [-0.25, -0.2) is 4.79 Å². The average molecular weight is 312 g/mol. The first-order valence-electron chi connectivity index (χ1n) is 7.37. The highest BCUT2D eigenvalue weighted by molar-refractivity contribution is 6.44. The number of nitrogens with zero attached hydrogens (tertiary/aromatic N) is 1. The molecule has 1 aliphatic heterocycles. The number of fused-ring (bicyclic) bond motifs is 1. The van der Waals surface area contributed by atoms with Crippen molar-refractivity contribution in [1.29, 1.82) is 0 Å². The number of amides is 1. The first-order chi connectivity index (χ1) is 11.2. The molecule has 2 aromatic rings. The molecule has 1 atom stereocenters. The predicted octanol–water partition coefficient (Wildman–Crippen LogP) is 2.49. The van der Waals surface area contributed by atoms with Crippen molar-refractivity contribution in [2.75, 3.05) is 11.9 Å². The Morgan fingerprint density at radius 1 is 1.26 bits per heavy atom. The highest BCUT2D eigenvalue weighted by Crippen LogP contribution is 2.23. The second-order valence-electron chi connectivity index (χ2n) is 5.07. The minimum absolute atomic E-state index is 0.107.